The molecule has 0 aliphatic rings. The standard InChI is InChI=1S/C7H13N/c1-6(2)7(3)4-5-8/h4-6,8H,1-3H3/b7-4+,8-5?. The van der Waals surface area contributed by atoms with Crippen molar-refractivity contribution in [3.63, 3.8) is 0 Å². The van der Waals surface area contributed by atoms with E-state index < -0.39 is 0 Å². The molecule has 0 aromatic carbocycles. The quantitative estimate of drug-likeness (QED) is 0.528. The molecule has 8 heavy (non-hydrogen) atoms. The van der Waals surface area contributed by atoms with Gasteiger partial charge in [-0.05, 0) is 18.9 Å². The van der Waals surface area contributed by atoms with Crippen molar-refractivity contribution in [1.29, 1.82) is 5.41 Å². The van der Waals surface area contributed by atoms with E-state index in [1.54, 1.807) is 0 Å². The molecular weight excluding hydrogens is 98.1 g/mol. The van der Waals surface area contributed by atoms with Crippen molar-refractivity contribution in [2.24, 2.45) is 5.92 Å². The van der Waals surface area contributed by atoms with Crippen molar-refractivity contribution >= 4 is 6.21 Å². The molecule has 1 nitrogen and oxygen atoms in total. The molecule has 46 valence electrons. The minimum atomic E-state index is 0.580. The molecule has 0 rings (SSSR count). The van der Waals surface area contributed by atoms with Gasteiger partial charge in [-0.25, -0.2) is 0 Å². The second kappa shape index (κ2) is 3.42. The molecule has 0 aromatic heterocycles. The summed E-state index contributed by atoms with van der Waals surface area (Å²) in [4.78, 5) is 0. The molecule has 0 saturated carbocycles. The van der Waals surface area contributed by atoms with Gasteiger partial charge in [0.05, 0.1) is 0 Å². The maximum Gasteiger partial charge on any atom is 0.0177 e. The third-order valence-corrected chi connectivity index (χ3v) is 1.26. The van der Waals surface area contributed by atoms with Crippen LogP contribution in [0.4, 0.5) is 0 Å². The van der Waals surface area contributed by atoms with Crippen molar-refractivity contribution < 1.29 is 0 Å². The first-order valence-corrected chi connectivity index (χ1v) is 2.85. The summed E-state index contributed by atoms with van der Waals surface area (Å²) in [6, 6.07) is 0. The largest absolute Gasteiger partial charge is 0.309 e. The van der Waals surface area contributed by atoms with E-state index in [1.165, 1.54) is 11.8 Å². The van der Waals surface area contributed by atoms with Crippen molar-refractivity contribution in [3.8, 4) is 0 Å². The summed E-state index contributed by atoms with van der Waals surface area (Å²) in [7, 11) is 0. The van der Waals surface area contributed by atoms with Gasteiger partial charge in [-0.15, -0.1) is 0 Å². The topological polar surface area (TPSA) is 23.9 Å². The van der Waals surface area contributed by atoms with Crippen LogP contribution in [0.15, 0.2) is 11.6 Å². The van der Waals surface area contributed by atoms with Crippen LogP contribution in [0.3, 0.4) is 0 Å². The Kier molecular flexibility index (Phi) is 3.16. The summed E-state index contributed by atoms with van der Waals surface area (Å²) in [5, 5.41) is 6.72. The lowest BCUT2D eigenvalue weighted by Crippen LogP contribution is -1.87. The first-order chi connectivity index (χ1) is 3.68. The van der Waals surface area contributed by atoms with Crippen molar-refractivity contribution in [2.75, 3.05) is 0 Å². The first kappa shape index (κ1) is 7.41. The lowest BCUT2D eigenvalue weighted by Gasteiger charge is -2.00. The highest BCUT2D eigenvalue weighted by molar-refractivity contribution is 5.68. The Morgan fingerprint density at radius 3 is 2.12 bits per heavy atom. The van der Waals surface area contributed by atoms with E-state index in [0.717, 1.165) is 0 Å². The van der Waals surface area contributed by atoms with E-state index in [4.69, 9.17) is 5.41 Å². The van der Waals surface area contributed by atoms with Crippen molar-refractivity contribution in [1.82, 2.24) is 0 Å². The van der Waals surface area contributed by atoms with Crippen LogP contribution in [0.25, 0.3) is 0 Å². The molecule has 0 bridgehead atoms. The Morgan fingerprint density at radius 2 is 2.00 bits per heavy atom. The normalized spacial score (nSPS) is 12.2. The van der Waals surface area contributed by atoms with E-state index in [2.05, 4.69) is 13.8 Å². The Balaban J connectivity index is 3.78. The number of hydrogen-bond acceptors (Lipinski definition) is 1. The van der Waals surface area contributed by atoms with Gasteiger partial charge in [0.15, 0.2) is 0 Å². The maximum atomic E-state index is 6.72. The minimum Gasteiger partial charge on any atom is -0.309 e. The lowest BCUT2D eigenvalue weighted by atomic mass is 10.1. The van der Waals surface area contributed by atoms with Crippen molar-refractivity contribution in [2.45, 2.75) is 20.8 Å². The summed E-state index contributed by atoms with van der Waals surface area (Å²) < 4.78 is 0. The summed E-state index contributed by atoms with van der Waals surface area (Å²) in [6.07, 6.45) is 3.15. The second-order valence-electron chi connectivity index (χ2n) is 2.23. The molecule has 0 aliphatic carbocycles. The van der Waals surface area contributed by atoms with Crippen LogP contribution in [-0.2, 0) is 0 Å². The van der Waals surface area contributed by atoms with Gasteiger partial charge in [0.25, 0.3) is 0 Å². The third-order valence-electron chi connectivity index (χ3n) is 1.26. The van der Waals surface area contributed by atoms with E-state index in [1.807, 2.05) is 13.0 Å². The molecule has 0 amide bonds. The summed E-state index contributed by atoms with van der Waals surface area (Å²) >= 11 is 0. The van der Waals surface area contributed by atoms with Crippen LogP contribution in [0.2, 0.25) is 0 Å². The SMILES string of the molecule is C/C(=C\C=N)C(C)C. The minimum absolute atomic E-state index is 0.580. The van der Waals surface area contributed by atoms with Gasteiger partial charge in [-0.2, -0.15) is 0 Å². The molecule has 0 fully saturated rings. The smallest absolute Gasteiger partial charge is 0.0177 e. The average Bonchev–Trinajstić information content (AvgIpc) is 1.67. The number of nitrogens with one attached hydrogen (secondary N) is 1. The van der Waals surface area contributed by atoms with Gasteiger partial charge in [0.2, 0.25) is 0 Å². The van der Waals surface area contributed by atoms with Crippen LogP contribution in [0, 0.1) is 11.3 Å². The van der Waals surface area contributed by atoms with Gasteiger partial charge < -0.3 is 5.41 Å². The third kappa shape index (κ3) is 2.56. The van der Waals surface area contributed by atoms with Crippen LogP contribution in [0.5, 0.6) is 0 Å². The second-order valence-corrected chi connectivity index (χ2v) is 2.23. The maximum absolute atomic E-state index is 6.72. The Morgan fingerprint density at radius 1 is 1.50 bits per heavy atom. The van der Waals surface area contributed by atoms with Gasteiger partial charge in [-0.1, -0.05) is 19.4 Å². The fourth-order valence-electron chi connectivity index (χ4n) is 0.324. The lowest BCUT2D eigenvalue weighted by molar-refractivity contribution is 0.771. The predicted molar refractivity (Wildman–Crippen MR) is 37.4 cm³/mol. The molecule has 0 aliphatic heterocycles. The molecule has 1 N–H and O–H groups in total. The Labute approximate surface area is 50.9 Å². The monoisotopic (exact) mass is 111 g/mol. The van der Waals surface area contributed by atoms with E-state index in [9.17, 15) is 0 Å². The molecule has 0 radical (unpaired) electrons. The molecule has 0 atom stereocenters. The average molecular weight is 111 g/mol. The Hall–Kier alpha value is -0.590. The fourth-order valence-corrected chi connectivity index (χ4v) is 0.324. The fraction of sp³-hybridized carbons (Fsp3) is 0.571. The van der Waals surface area contributed by atoms with E-state index >= 15 is 0 Å². The zero-order chi connectivity index (χ0) is 6.57. The van der Waals surface area contributed by atoms with Crippen LogP contribution in [-0.4, -0.2) is 6.21 Å². The zero-order valence-corrected chi connectivity index (χ0v) is 5.73. The number of allylic oxidation sites excluding steroid dienone is 2. The van der Waals surface area contributed by atoms with Gasteiger partial charge in [-0.3, -0.25) is 0 Å². The van der Waals surface area contributed by atoms with E-state index in [0.29, 0.717) is 5.92 Å². The highest BCUT2D eigenvalue weighted by atomic mass is 14.3. The van der Waals surface area contributed by atoms with Crippen LogP contribution in [0.1, 0.15) is 20.8 Å². The molecule has 0 spiro atoms. The van der Waals surface area contributed by atoms with Crippen LogP contribution >= 0.6 is 0 Å². The number of hydrogen-bond donors (Lipinski definition) is 1. The summed E-state index contributed by atoms with van der Waals surface area (Å²) in [5.74, 6) is 0.580. The van der Waals surface area contributed by atoms with Crippen LogP contribution < -0.4 is 0 Å². The highest BCUT2D eigenvalue weighted by Gasteiger charge is 1.91. The summed E-state index contributed by atoms with van der Waals surface area (Å²) in [6.45, 7) is 6.28. The number of rotatable bonds is 2. The van der Waals surface area contributed by atoms with Gasteiger partial charge in [0.1, 0.15) is 0 Å². The highest BCUT2D eigenvalue weighted by Crippen LogP contribution is 2.05. The summed E-state index contributed by atoms with van der Waals surface area (Å²) in [5.41, 5.74) is 1.26. The zero-order valence-electron chi connectivity index (χ0n) is 5.73. The molecular formula is C7H13N. The van der Waals surface area contributed by atoms with E-state index in [-0.39, 0.29) is 0 Å². The molecule has 0 saturated heterocycles. The predicted octanol–water partition coefficient (Wildman–Crippen LogP) is 2.24. The van der Waals surface area contributed by atoms with Gasteiger partial charge >= 0.3 is 0 Å². The molecule has 0 aromatic rings. The molecule has 0 unspecified atom stereocenters. The Bertz CT molecular complexity index is 101. The van der Waals surface area contributed by atoms with Crippen molar-refractivity contribution in [3.05, 3.63) is 11.6 Å². The first-order valence-electron chi connectivity index (χ1n) is 2.85. The molecule has 0 heterocycles. The van der Waals surface area contributed by atoms with Gasteiger partial charge in [0, 0.05) is 6.21 Å². The molecule has 1 heteroatoms.